The van der Waals surface area contributed by atoms with Crippen LogP contribution in [0.4, 0.5) is 22.0 Å². The Hall–Kier alpha value is -4.34. The molecule has 0 aliphatic carbocycles. The third-order valence-electron chi connectivity index (χ3n) is 8.43. The van der Waals surface area contributed by atoms with Crippen molar-refractivity contribution in [2.45, 2.75) is 51.2 Å². The summed E-state index contributed by atoms with van der Waals surface area (Å²) >= 11 is 0. The number of nitrogens with two attached hydrogens (primary N) is 1. The van der Waals surface area contributed by atoms with Crippen LogP contribution in [0.25, 0.3) is 11.1 Å². The Labute approximate surface area is 273 Å². The van der Waals surface area contributed by atoms with Crippen LogP contribution in [0.2, 0.25) is 0 Å². The van der Waals surface area contributed by atoms with Gasteiger partial charge in [0.2, 0.25) is 10.0 Å². The maximum atomic E-state index is 16.2. The van der Waals surface area contributed by atoms with E-state index in [1.54, 1.807) is 30.3 Å². The van der Waals surface area contributed by atoms with Gasteiger partial charge in [0.05, 0.1) is 30.5 Å². The summed E-state index contributed by atoms with van der Waals surface area (Å²) in [6, 6.07) is 13.9. The average molecular weight is 693 g/mol. The summed E-state index contributed by atoms with van der Waals surface area (Å²) in [5.74, 6) is -2.45. The Kier molecular flexibility index (Phi) is 9.94. The summed E-state index contributed by atoms with van der Waals surface area (Å²) in [5.41, 5.74) is 1.87. The van der Waals surface area contributed by atoms with Crippen LogP contribution in [0.15, 0.2) is 76.3 Å². The highest BCUT2D eigenvalue weighted by Crippen LogP contribution is 2.35. The van der Waals surface area contributed by atoms with Crippen molar-refractivity contribution in [2.24, 2.45) is 5.73 Å². The SMILES string of the molecule is Cc1c(-c2cccc(OC3CCN(S(C)(=O)=O)CC3)c2F)c(=O)n(C[C@H](N)c2ccccc2)c(=O)n1Cc1c(F)cccc1C(F)(F)F. The minimum atomic E-state index is -4.96. The molecule has 1 aliphatic rings. The van der Waals surface area contributed by atoms with Gasteiger partial charge >= 0.3 is 11.9 Å². The first kappa shape index (κ1) is 35.0. The molecule has 0 radical (unpaired) electrons. The molecule has 1 aromatic heterocycles. The molecule has 2 N–H and O–H groups in total. The summed E-state index contributed by atoms with van der Waals surface area (Å²) in [4.78, 5) is 27.9. The summed E-state index contributed by atoms with van der Waals surface area (Å²) in [5, 5.41) is 0. The highest BCUT2D eigenvalue weighted by molar-refractivity contribution is 7.88. The molecule has 256 valence electrons. The van der Waals surface area contributed by atoms with Gasteiger partial charge in [-0.3, -0.25) is 13.9 Å². The third kappa shape index (κ3) is 7.22. The molecule has 9 nitrogen and oxygen atoms in total. The summed E-state index contributed by atoms with van der Waals surface area (Å²) < 4.78 is 105. The molecule has 1 fully saturated rings. The van der Waals surface area contributed by atoms with E-state index in [1.165, 1.54) is 29.4 Å². The first-order chi connectivity index (χ1) is 22.6. The topological polar surface area (TPSA) is 117 Å². The van der Waals surface area contributed by atoms with Gasteiger partial charge in [-0.05, 0) is 43.5 Å². The van der Waals surface area contributed by atoms with Crippen LogP contribution in [-0.4, -0.2) is 47.3 Å². The molecule has 0 spiro atoms. The molecule has 0 saturated carbocycles. The Balaban J connectivity index is 1.63. The van der Waals surface area contributed by atoms with Crippen LogP contribution in [0.1, 0.15) is 41.3 Å². The van der Waals surface area contributed by atoms with Gasteiger partial charge in [-0.25, -0.2) is 26.3 Å². The summed E-state index contributed by atoms with van der Waals surface area (Å²) in [6.07, 6.45) is -3.87. The molecule has 0 unspecified atom stereocenters. The zero-order chi connectivity index (χ0) is 35.0. The predicted octanol–water partition coefficient (Wildman–Crippen LogP) is 4.83. The fourth-order valence-corrected chi connectivity index (χ4v) is 6.73. The van der Waals surface area contributed by atoms with Gasteiger partial charge < -0.3 is 10.5 Å². The number of piperidine rings is 1. The second-order valence-electron chi connectivity index (χ2n) is 11.6. The van der Waals surface area contributed by atoms with Crippen molar-refractivity contribution in [3.63, 3.8) is 0 Å². The van der Waals surface area contributed by atoms with Crippen LogP contribution in [0.3, 0.4) is 0 Å². The Morgan fingerprint density at radius 1 is 0.938 bits per heavy atom. The van der Waals surface area contributed by atoms with E-state index < -0.39 is 75.4 Å². The smallest absolute Gasteiger partial charge is 0.416 e. The fourth-order valence-electron chi connectivity index (χ4n) is 5.86. The molecule has 48 heavy (non-hydrogen) atoms. The highest BCUT2D eigenvalue weighted by Gasteiger charge is 2.35. The fraction of sp³-hybridized carbons (Fsp3) is 0.333. The molecule has 2 heterocycles. The highest BCUT2D eigenvalue weighted by atomic mass is 32.2. The van der Waals surface area contributed by atoms with Crippen molar-refractivity contribution in [1.29, 1.82) is 0 Å². The number of nitrogens with zero attached hydrogens (tertiary/aromatic N) is 3. The molecule has 4 aromatic rings. The number of halogens is 5. The molecule has 1 saturated heterocycles. The number of alkyl halides is 3. The number of ether oxygens (including phenoxy) is 1. The van der Waals surface area contributed by atoms with Crippen molar-refractivity contribution in [3.05, 3.63) is 122 Å². The number of sulfonamides is 1. The minimum Gasteiger partial charge on any atom is -0.487 e. The van der Waals surface area contributed by atoms with E-state index in [0.29, 0.717) is 16.2 Å². The van der Waals surface area contributed by atoms with E-state index in [4.69, 9.17) is 10.5 Å². The van der Waals surface area contributed by atoms with E-state index in [1.807, 2.05) is 0 Å². The second kappa shape index (κ2) is 13.6. The van der Waals surface area contributed by atoms with Crippen molar-refractivity contribution in [3.8, 4) is 16.9 Å². The molecule has 3 aromatic carbocycles. The lowest BCUT2D eigenvalue weighted by Crippen LogP contribution is -2.44. The van der Waals surface area contributed by atoms with Gasteiger partial charge in [0.1, 0.15) is 11.9 Å². The van der Waals surface area contributed by atoms with Gasteiger partial charge in [-0.2, -0.15) is 13.2 Å². The molecular formula is C33H33F5N4O5S. The summed E-state index contributed by atoms with van der Waals surface area (Å²) in [6.45, 7) is 0.252. The lowest BCUT2D eigenvalue weighted by Gasteiger charge is -2.30. The van der Waals surface area contributed by atoms with E-state index in [-0.39, 0.29) is 48.5 Å². The predicted molar refractivity (Wildman–Crippen MR) is 169 cm³/mol. The first-order valence-electron chi connectivity index (χ1n) is 15.0. The molecule has 0 amide bonds. The number of aromatic nitrogens is 2. The number of hydrogen-bond donors (Lipinski definition) is 1. The van der Waals surface area contributed by atoms with Gasteiger partial charge in [0.15, 0.2) is 11.6 Å². The standard InChI is InChI=1S/C33H33F5N4O5S/c1-20-29(23-10-6-13-28(30(23)35)47-22-14-16-40(17-15-22)48(2,45)46)31(43)42(19-27(39)21-8-4-3-5-9-21)32(44)41(20)18-24-25(33(36,37)38)11-7-12-26(24)34/h3-13,22,27H,14-19,39H2,1-2H3/t27-/m0/s1. The van der Waals surface area contributed by atoms with Gasteiger partial charge in [0.25, 0.3) is 5.56 Å². The molecule has 0 bridgehead atoms. The maximum Gasteiger partial charge on any atom is 0.416 e. The van der Waals surface area contributed by atoms with E-state index in [9.17, 15) is 35.6 Å². The average Bonchev–Trinajstić information content (AvgIpc) is 3.03. The monoisotopic (exact) mass is 692 g/mol. The van der Waals surface area contributed by atoms with Gasteiger partial charge in [0, 0.05) is 36.0 Å². The molecule has 1 aliphatic heterocycles. The first-order valence-corrected chi connectivity index (χ1v) is 16.8. The number of benzene rings is 3. The molecule has 1 atom stereocenters. The molecule has 15 heteroatoms. The quantitative estimate of drug-likeness (QED) is 0.251. The van der Waals surface area contributed by atoms with Gasteiger partial charge in [-0.15, -0.1) is 0 Å². The largest absolute Gasteiger partial charge is 0.487 e. The Bertz CT molecular complexity index is 2040. The minimum absolute atomic E-state index is 0.164. The van der Waals surface area contributed by atoms with Crippen LogP contribution in [0.5, 0.6) is 5.75 Å². The van der Waals surface area contributed by atoms with Gasteiger partial charge in [-0.1, -0.05) is 48.5 Å². The van der Waals surface area contributed by atoms with Crippen LogP contribution in [0, 0.1) is 18.6 Å². The second-order valence-corrected chi connectivity index (χ2v) is 13.6. The van der Waals surface area contributed by atoms with Crippen LogP contribution in [-0.2, 0) is 29.3 Å². The van der Waals surface area contributed by atoms with E-state index >= 15 is 4.39 Å². The number of hydrogen-bond acceptors (Lipinski definition) is 6. The number of rotatable bonds is 9. The molecular weight excluding hydrogens is 659 g/mol. The Morgan fingerprint density at radius 2 is 1.58 bits per heavy atom. The summed E-state index contributed by atoms with van der Waals surface area (Å²) in [7, 11) is -3.41. The molecule has 5 rings (SSSR count). The van der Waals surface area contributed by atoms with Crippen molar-refractivity contribution >= 4 is 10.0 Å². The van der Waals surface area contributed by atoms with Crippen molar-refractivity contribution < 1.29 is 35.1 Å². The van der Waals surface area contributed by atoms with Crippen molar-refractivity contribution in [1.82, 2.24) is 13.4 Å². The third-order valence-corrected chi connectivity index (χ3v) is 9.73. The van der Waals surface area contributed by atoms with Crippen LogP contribution < -0.4 is 21.7 Å². The lowest BCUT2D eigenvalue weighted by atomic mass is 10.0. The maximum absolute atomic E-state index is 16.2. The van der Waals surface area contributed by atoms with Crippen molar-refractivity contribution in [2.75, 3.05) is 19.3 Å². The Morgan fingerprint density at radius 3 is 2.21 bits per heavy atom. The van der Waals surface area contributed by atoms with Crippen LogP contribution >= 0.6 is 0 Å². The zero-order valence-electron chi connectivity index (χ0n) is 26.0. The lowest BCUT2D eigenvalue weighted by molar-refractivity contribution is -0.138. The normalized spacial score (nSPS) is 15.4. The zero-order valence-corrected chi connectivity index (χ0v) is 26.8. The van der Waals surface area contributed by atoms with E-state index in [2.05, 4.69) is 0 Å². The van der Waals surface area contributed by atoms with E-state index in [0.717, 1.165) is 23.0 Å².